The van der Waals surface area contributed by atoms with Crippen molar-refractivity contribution in [1.82, 2.24) is 19.9 Å². The van der Waals surface area contributed by atoms with Crippen LogP contribution < -0.4 is 14.8 Å². The van der Waals surface area contributed by atoms with Gasteiger partial charge in [0.05, 0.1) is 7.11 Å². The summed E-state index contributed by atoms with van der Waals surface area (Å²) < 4.78 is 13.5. The summed E-state index contributed by atoms with van der Waals surface area (Å²) in [7, 11) is 3.52. The van der Waals surface area contributed by atoms with Crippen molar-refractivity contribution in [3.63, 3.8) is 0 Å². The molecule has 2 aromatic heterocycles. The molecule has 0 saturated carbocycles. The summed E-state index contributed by atoms with van der Waals surface area (Å²) in [4.78, 5) is 22.0. The molecule has 1 unspecified atom stereocenters. The summed E-state index contributed by atoms with van der Waals surface area (Å²) in [6.07, 6.45) is 7.08. The molecule has 0 fully saturated rings. The Hall–Kier alpha value is -4.13. The minimum Gasteiger partial charge on any atom is -0.496 e. The molecule has 34 heavy (non-hydrogen) atoms. The van der Waals surface area contributed by atoms with Gasteiger partial charge in [-0.25, -0.2) is 4.98 Å². The minimum absolute atomic E-state index is 0.205. The van der Waals surface area contributed by atoms with Crippen molar-refractivity contribution in [3.05, 3.63) is 107 Å². The van der Waals surface area contributed by atoms with Gasteiger partial charge in [-0.05, 0) is 49.2 Å². The number of aryl methyl sites for hydroxylation is 3. The van der Waals surface area contributed by atoms with Gasteiger partial charge in [0.2, 0.25) is 0 Å². The Balaban J connectivity index is 1.60. The van der Waals surface area contributed by atoms with Crippen molar-refractivity contribution in [2.45, 2.75) is 26.5 Å². The van der Waals surface area contributed by atoms with Crippen LogP contribution in [0.15, 0.2) is 73.3 Å². The number of imidazole rings is 1. The lowest BCUT2D eigenvalue weighted by Gasteiger charge is -2.22. The average molecular weight is 457 g/mol. The molecule has 0 bridgehead atoms. The second-order valence-corrected chi connectivity index (χ2v) is 8.13. The number of hydrogen-bond acceptors (Lipinski definition) is 5. The molecule has 0 aliphatic carbocycles. The van der Waals surface area contributed by atoms with Crippen LogP contribution in [0.25, 0.3) is 0 Å². The van der Waals surface area contributed by atoms with E-state index in [9.17, 15) is 4.79 Å². The van der Waals surface area contributed by atoms with Crippen LogP contribution in [0.3, 0.4) is 0 Å². The van der Waals surface area contributed by atoms with Crippen molar-refractivity contribution in [2.75, 3.05) is 7.11 Å². The minimum atomic E-state index is -0.481. The summed E-state index contributed by atoms with van der Waals surface area (Å²) >= 11 is 0. The molecular formula is C27H28N4O3. The lowest BCUT2D eigenvalue weighted by molar-refractivity contribution is 0.0940. The predicted octanol–water partition coefficient (Wildman–Crippen LogP) is 4.54. The number of amides is 1. The fourth-order valence-electron chi connectivity index (χ4n) is 4.00. The van der Waals surface area contributed by atoms with Crippen LogP contribution >= 0.6 is 0 Å². The van der Waals surface area contributed by atoms with Crippen LogP contribution in [0.2, 0.25) is 0 Å². The zero-order valence-electron chi connectivity index (χ0n) is 19.8. The van der Waals surface area contributed by atoms with E-state index in [1.54, 1.807) is 25.7 Å². The van der Waals surface area contributed by atoms with Crippen LogP contribution in [0.4, 0.5) is 0 Å². The third kappa shape index (κ3) is 4.93. The number of pyridine rings is 1. The molecule has 2 aromatic carbocycles. The third-order valence-electron chi connectivity index (χ3n) is 5.67. The highest BCUT2D eigenvalue weighted by Crippen LogP contribution is 2.30. The molecule has 174 valence electrons. The molecule has 7 heteroatoms. The van der Waals surface area contributed by atoms with Crippen molar-refractivity contribution < 1.29 is 14.3 Å². The van der Waals surface area contributed by atoms with Gasteiger partial charge in [0, 0.05) is 48.5 Å². The number of nitrogens with zero attached hydrogens (tertiary/aromatic N) is 3. The van der Waals surface area contributed by atoms with Gasteiger partial charge in [0.15, 0.2) is 0 Å². The van der Waals surface area contributed by atoms with Crippen LogP contribution in [0.5, 0.6) is 11.5 Å². The van der Waals surface area contributed by atoms with Crippen molar-refractivity contribution >= 4 is 5.91 Å². The maximum Gasteiger partial charge on any atom is 0.252 e. The number of carbonyl (C=O) groups excluding carboxylic acids is 1. The Bertz CT molecular complexity index is 1260. The van der Waals surface area contributed by atoms with E-state index >= 15 is 0 Å². The number of aromatic nitrogens is 3. The Labute approximate surface area is 199 Å². The van der Waals surface area contributed by atoms with E-state index in [0.29, 0.717) is 23.7 Å². The first-order valence-electron chi connectivity index (χ1n) is 11.0. The number of nitrogens with one attached hydrogen (secondary N) is 1. The molecule has 1 N–H and O–H groups in total. The van der Waals surface area contributed by atoms with E-state index in [0.717, 1.165) is 28.0 Å². The molecule has 4 aromatic rings. The second-order valence-electron chi connectivity index (χ2n) is 8.13. The average Bonchev–Trinajstić information content (AvgIpc) is 3.27. The largest absolute Gasteiger partial charge is 0.496 e. The first-order chi connectivity index (χ1) is 16.5. The maximum absolute atomic E-state index is 13.4. The van der Waals surface area contributed by atoms with Gasteiger partial charge >= 0.3 is 0 Å². The molecule has 4 rings (SSSR count). The predicted molar refractivity (Wildman–Crippen MR) is 130 cm³/mol. The highest BCUT2D eigenvalue weighted by Gasteiger charge is 2.25. The number of carbonyl (C=O) groups is 1. The zero-order chi connectivity index (χ0) is 24.1. The third-order valence-corrected chi connectivity index (χ3v) is 5.67. The van der Waals surface area contributed by atoms with E-state index in [1.165, 1.54) is 0 Å². The van der Waals surface area contributed by atoms with Crippen LogP contribution in [0.1, 0.15) is 44.5 Å². The van der Waals surface area contributed by atoms with E-state index in [4.69, 9.17) is 9.47 Å². The van der Waals surface area contributed by atoms with Crippen LogP contribution in [0, 0.1) is 13.8 Å². The van der Waals surface area contributed by atoms with Gasteiger partial charge < -0.3 is 19.4 Å². The molecule has 0 saturated heterocycles. The zero-order valence-corrected chi connectivity index (χ0v) is 19.8. The molecule has 0 spiro atoms. The molecule has 2 heterocycles. The molecule has 0 aliphatic rings. The van der Waals surface area contributed by atoms with Gasteiger partial charge in [-0.1, -0.05) is 24.3 Å². The van der Waals surface area contributed by atoms with Crippen LogP contribution in [-0.4, -0.2) is 27.6 Å². The van der Waals surface area contributed by atoms with E-state index in [-0.39, 0.29) is 5.91 Å². The number of para-hydroxylation sites is 1. The van der Waals surface area contributed by atoms with E-state index in [2.05, 4.69) is 15.3 Å². The van der Waals surface area contributed by atoms with Gasteiger partial charge in [0.1, 0.15) is 30.0 Å². The Morgan fingerprint density at radius 2 is 1.85 bits per heavy atom. The molecule has 1 amide bonds. The molecule has 0 aliphatic heterocycles. The monoisotopic (exact) mass is 456 g/mol. The lowest BCUT2D eigenvalue weighted by atomic mass is 10.0. The summed E-state index contributed by atoms with van der Waals surface area (Å²) in [6, 6.07) is 14.7. The Kier molecular flexibility index (Phi) is 6.92. The standard InChI is InChI=1S/C27H28N4O3/c1-18-14-21(15-19(2)25(18)34-17-20-8-7-11-28-16-20)27(32)30-24(26-29-12-13-31(26)3)22-9-5-6-10-23(22)33-4/h5-16,24H,17H2,1-4H3,(H,30,32). The van der Waals surface area contributed by atoms with Crippen molar-refractivity contribution in [1.29, 1.82) is 0 Å². The normalized spacial score (nSPS) is 11.6. The molecule has 7 nitrogen and oxygen atoms in total. The number of benzene rings is 2. The SMILES string of the molecule is COc1ccccc1C(NC(=O)c1cc(C)c(OCc2cccnc2)c(C)c1)c1nccn1C. The lowest BCUT2D eigenvalue weighted by Crippen LogP contribution is -2.31. The van der Waals surface area contributed by atoms with Gasteiger partial charge in [-0.3, -0.25) is 9.78 Å². The highest BCUT2D eigenvalue weighted by molar-refractivity contribution is 5.95. The fraction of sp³-hybridized carbons (Fsp3) is 0.222. The fourth-order valence-corrected chi connectivity index (χ4v) is 4.00. The summed E-state index contributed by atoms with van der Waals surface area (Å²) in [5.41, 5.74) is 4.15. The Morgan fingerprint density at radius 3 is 2.50 bits per heavy atom. The quantitative estimate of drug-likeness (QED) is 0.421. The molecule has 1 atom stereocenters. The van der Waals surface area contributed by atoms with Crippen molar-refractivity contribution in [2.24, 2.45) is 7.05 Å². The first kappa shape index (κ1) is 23.0. The number of rotatable bonds is 8. The van der Waals surface area contributed by atoms with Gasteiger partial charge in [-0.15, -0.1) is 0 Å². The topological polar surface area (TPSA) is 78.3 Å². The summed E-state index contributed by atoms with van der Waals surface area (Å²) in [5.74, 6) is 1.96. The molecule has 0 radical (unpaired) electrons. The van der Waals surface area contributed by atoms with Gasteiger partial charge in [-0.2, -0.15) is 0 Å². The smallest absolute Gasteiger partial charge is 0.252 e. The van der Waals surface area contributed by atoms with E-state index in [1.807, 2.05) is 80.2 Å². The highest BCUT2D eigenvalue weighted by atomic mass is 16.5. The number of methoxy groups -OCH3 is 1. The second kappa shape index (κ2) is 10.2. The number of hydrogen-bond donors (Lipinski definition) is 1. The Morgan fingerprint density at radius 1 is 1.09 bits per heavy atom. The van der Waals surface area contributed by atoms with Crippen molar-refractivity contribution in [3.8, 4) is 11.5 Å². The number of ether oxygens (including phenoxy) is 2. The summed E-state index contributed by atoms with van der Waals surface area (Å²) in [6.45, 7) is 4.30. The molecular weight excluding hydrogens is 428 g/mol. The van der Waals surface area contributed by atoms with E-state index < -0.39 is 6.04 Å². The van der Waals surface area contributed by atoms with Gasteiger partial charge in [0.25, 0.3) is 5.91 Å². The summed E-state index contributed by atoms with van der Waals surface area (Å²) in [5, 5.41) is 3.15. The first-order valence-corrected chi connectivity index (χ1v) is 11.0. The maximum atomic E-state index is 13.4. The van der Waals surface area contributed by atoms with Crippen LogP contribution in [-0.2, 0) is 13.7 Å².